The third-order valence-electron chi connectivity index (χ3n) is 3.81. The Hall–Kier alpha value is -1.32. The van der Waals surface area contributed by atoms with Gasteiger partial charge in [0.25, 0.3) is 0 Å². The first-order valence-electron chi connectivity index (χ1n) is 7.80. The van der Waals surface area contributed by atoms with Gasteiger partial charge in [-0.25, -0.2) is 4.79 Å². The predicted molar refractivity (Wildman–Crippen MR) is 72.8 cm³/mol. The molecule has 3 atom stereocenters. The van der Waals surface area contributed by atoms with Crippen LogP contribution in [0.5, 0.6) is 0 Å². The van der Waals surface area contributed by atoms with E-state index in [-0.39, 0.29) is 24.3 Å². The molecular weight excluding hydrogens is 242 g/mol. The van der Waals surface area contributed by atoms with Gasteiger partial charge < -0.3 is 4.74 Å². The third kappa shape index (κ3) is 2.67. The quantitative estimate of drug-likeness (QED) is 0.686. The number of hydrogen-bond donors (Lipinski definition) is 0. The van der Waals surface area contributed by atoms with Crippen LogP contribution in [0.3, 0.4) is 0 Å². The lowest BCUT2D eigenvalue weighted by atomic mass is 9.71. The first kappa shape index (κ1) is 11.5. The molecule has 2 heterocycles. The normalized spacial score (nSPS) is 31.7. The van der Waals surface area contributed by atoms with Crippen LogP contribution in [0.1, 0.15) is 49.7 Å². The average molecular weight is 267 g/mol. The van der Waals surface area contributed by atoms with Crippen LogP contribution >= 0.6 is 0 Å². The smallest absolute Gasteiger partial charge is 0.411 e. The second-order valence-electron chi connectivity index (χ2n) is 6.51. The highest BCUT2D eigenvalue weighted by Gasteiger charge is 2.49. The third-order valence-corrected chi connectivity index (χ3v) is 3.81. The SMILES string of the molecule is [2H]C([2H])=C1C[C@@H]2CC[C@H]1[C@@H](C(C)=O)N2C(=O)OC(C)(C)C. The zero-order valence-electron chi connectivity index (χ0n) is 14.0. The lowest BCUT2D eigenvalue weighted by Gasteiger charge is -2.51. The van der Waals surface area contributed by atoms with E-state index < -0.39 is 17.7 Å². The van der Waals surface area contributed by atoms with Crippen molar-refractivity contribution in [1.82, 2.24) is 4.90 Å². The summed E-state index contributed by atoms with van der Waals surface area (Å²) in [7, 11) is 0. The second kappa shape index (κ2) is 4.66. The minimum absolute atomic E-state index is 0.103. The molecule has 0 aromatic heterocycles. The Kier molecular flexibility index (Phi) is 2.82. The number of Topliss-reactive ketones (excluding diaryl/α,β-unsaturated/α-hetero) is 1. The van der Waals surface area contributed by atoms with Crippen LogP contribution in [-0.2, 0) is 9.53 Å². The zero-order valence-corrected chi connectivity index (χ0v) is 12.0. The summed E-state index contributed by atoms with van der Waals surface area (Å²) in [5.74, 6) is -0.306. The second-order valence-corrected chi connectivity index (χ2v) is 6.51. The predicted octanol–water partition coefficient (Wildman–Crippen LogP) is 2.92. The molecule has 4 heteroatoms. The molecule has 1 saturated carbocycles. The van der Waals surface area contributed by atoms with Crippen molar-refractivity contribution in [3.63, 3.8) is 0 Å². The van der Waals surface area contributed by atoms with E-state index in [1.165, 1.54) is 6.92 Å². The first-order chi connectivity index (χ1) is 9.61. The van der Waals surface area contributed by atoms with Gasteiger partial charge in [0.15, 0.2) is 5.78 Å². The van der Waals surface area contributed by atoms with Crippen molar-refractivity contribution in [3.05, 3.63) is 12.1 Å². The van der Waals surface area contributed by atoms with Gasteiger partial charge in [-0.3, -0.25) is 9.69 Å². The Balaban J connectivity index is 2.32. The molecule has 3 fully saturated rings. The van der Waals surface area contributed by atoms with Gasteiger partial charge in [-0.1, -0.05) is 12.1 Å². The Morgan fingerprint density at radius 1 is 1.42 bits per heavy atom. The molecule has 0 spiro atoms. The number of amides is 1. The summed E-state index contributed by atoms with van der Waals surface area (Å²) in [4.78, 5) is 26.0. The summed E-state index contributed by atoms with van der Waals surface area (Å²) < 4.78 is 20.6. The fourth-order valence-corrected chi connectivity index (χ4v) is 3.12. The number of fused-ring (bicyclic) bond motifs is 3. The van der Waals surface area contributed by atoms with E-state index >= 15 is 0 Å². The van der Waals surface area contributed by atoms with Gasteiger partial charge in [-0.05, 0) is 47.0 Å². The molecule has 0 aromatic carbocycles. The number of carbonyl (C=O) groups excluding carboxylic acids is 2. The van der Waals surface area contributed by atoms with Gasteiger partial charge in [-0.2, -0.15) is 0 Å². The maximum Gasteiger partial charge on any atom is 0.411 e. The van der Waals surface area contributed by atoms with Crippen molar-refractivity contribution in [2.24, 2.45) is 5.92 Å². The number of nitrogens with zero attached hydrogens (tertiary/aromatic N) is 1. The van der Waals surface area contributed by atoms with Gasteiger partial charge in [0.05, 0.1) is 2.74 Å². The highest BCUT2D eigenvalue weighted by atomic mass is 16.6. The number of piperidine rings is 2. The molecule has 2 aliphatic heterocycles. The first-order valence-corrected chi connectivity index (χ1v) is 6.80. The molecule has 19 heavy (non-hydrogen) atoms. The Labute approximate surface area is 117 Å². The van der Waals surface area contributed by atoms with Gasteiger partial charge >= 0.3 is 6.09 Å². The molecule has 0 radical (unpaired) electrons. The molecule has 0 unspecified atom stereocenters. The summed E-state index contributed by atoms with van der Waals surface area (Å²) in [6.07, 6.45) is 1.60. The number of carbonyl (C=O) groups is 2. The molecular formula is C15H23NO3. The van der Waals surface area contributed by atoms with Crippen molar-refractivity contribution in [3.8, 4) is 0 Å². The topological polar surface area (TPSA) is 46.6 Å². The largest absolute Gasteiger partial charge is 0.444 e. The van der Waals surface area contributed by atoms with Gasteiger partial charge in [0, 0.05) is 12.0 Å². The summed E-state index contributed by atoms with van der Waals surface area (Å²) in [5, 5.41) is 0. The van der Waals surface area contributed by atoms with Crippen LogP contribution in [0.2, 0.25) is 0 Å². The Morgan fingerprint density at radius 2 is 2.11 bits per heavy atom. The molecule has 106 valence electrons. The number of rotatable bonds is 1. The Bertz CT molecular complexity index is 492. The van der Waals surface area contributed by atoms with Crippen LogP contribution in [-0.4, -0.2) is 34.5 Å². The van der Waals surface area contributed by atoms with E-state index in [0.29, 0.717) is 12.0 Å². The van der Waals surface area contributed by atoms with E-state index in [2.05, 4.69) is 0 Å². The Morgan fingerprint density at radius 3 is 2.63 bits per heavy atom. The van der Waals surface area contributed by atoms with Crippen molar-refractivity contribution in [2.45, 2.75) is 64.6 Å². The minimum atomic E-state index is -0.607. The van der Waals surface area contributed by atoms with E-state index in [4.69, 9.17) is 7.48 Å². The molecule has 0 aromatic rings. The molecule has 2 saturated heterocycles. The van der Waals surface area contributed by atoms with Crippen LogP contribution in [0.15, 0.2) is 12.1 Å². The van der Waals surface area contributed by atoms with Gasteiger partial charge in [-0.15, -0.1) is 0 Å². The summed E-state index contributed by atoms with van der Waals surface area (Å²) >= 11 is 0. The lowest BCUT2D eigenvalue weighted by molar-refractivity contribution is -0.128. The van der Waals surface area contributed by atoms with Gasteiger partial charge in [0.2, 0.25) is 0 Å². The maximum absolute atomic E-state index is 12.4. The van der Waals surface area contributed by atoms with Crippen molar-refractivity contribution in [1.29, 1.82) is 0 Å². The van der Waals surface area contributed by atoms with Crippen molar-refractivity contribution < 1.29 is 17.1 Å². The summed E-state index contributed by atoms with van der Waals surface area (Å²) in [6, 6.07) is -0.729. The summed E-state index contributed by atoms with van der Waals surface area (Å²) in [6.45, 7) is 6.65. The number of hydrogen-bond acceptors (Lipinski definition) is 3. The summed E-state index contributed by atoms with van der Waals surface area (Å²) in [5.41, 5.74) is 0.0929. The highest BCUT2D eigenvalue weighted by Crippen LogP contribution is 2.43. The van der Waals surface area contributed by atoms with E-state index in [1.54, 1.807) is 25.7 Å². The fourth-order valence-electron chi connectivity index (χ4n) is 3.12. The molecule has 1 aliphatic carbocycles. The molecule has 4 nitrogen and oxygen atoms in total. The maximum atomic E-state index is 12.4. The van der Waals surface area contributed by atoms with Crippen LogP contribution < -0.4 is 0 Å². The monoisotopic (exact) mass is 267 g/mol. The van der Waals surface area contributed by atoms with E-state index in [9.17, 15) is 9.59 Å². The molecule has 0 N–H and O–H groups in total. The number of ether oxygens (including phenoxy) is 1. The highest BCUT2D eigenvalue weighted by molar-refractivity contribution is 5.87. The van der Waals surface area contributed by atoms with Crippen molar-refractivity contribution >= 4 is 11.9 Å². The molecule has 2 bridgehead atoms. The molecule has 1 amide bonds. The molecule has 3 aliphatic rings. The zero-order chi connectivity index (χ0) is 15.9. The standard InChI is InChI=1S/C15H23NO3/c1-9-8-11-6-7-12(9)13(10(2)17)16(11)14(18)19-15(3,4)5/h11-13H,1,6-8H2,2-5H3/t11-,12+,13+/m0/s1/i1D2. The lowest BCUT2D eigenvalue weighted by Crippen LogP contribution is -2.61. The number of ketones is 1. The average Bonchev–Trinajstić information content (AvgIpc) is 2.35. The van der Waals surface area contributed by atoms with E-state index in [0.717, 1.165) is 12.8 Å². The van der Waals surface area contributed by atoms with E-state index in [1.807, 2.05) is 0 Å². The molecule has 3 rings (SSSR count). The van der Waals surface area contributed by atoms with Crippen LogP contribution in [0.4, 0.5) is 4.79 Å². The fraction of sp³-hybridized carbons (Fsp3) is 0.733. The van der Waals surface area contributed by atoms with Gasteiger partial charge in [0.1, 0.15) is 11.6 Å². The van der Waals surface area contributed by atoms with Crippen LogP contribution in [0.25, 0.3) is 0 Å². The minimum Gasteiger partial charge on any atom is -0.444 e. The van der Waals surface area contributed by atoms with Crippen molar-refractivity contribution in [2.75, 3.05) is 0 Å². The van der Waals surface area contributed by atoms with Crippen LogP contribution in [0, 0.1) is 5.92 Å².